The molecule has 3 heterocycles. The Morgan fingerprint density at radius 1 is 1.04 bits per heavy atom. The molecule has 27 heavy (non-hydrogen) atoms. The summed E-state index contributed by atoms with van der Waals surface area (Å²) in [6.07, 6.45) is 6.74. The number of nitrogens with zero attached hydrogens (tertiary/aromatic N) is 5. The molecule has 0 saturated heterocycles. The second-order valence-electron chi connectivity index (χ2n) is 5.64. The van der Waals surface area contributed by atoms with E-state index >= 15 is 0 Å². The summed E-state index contributed by atoms with van der Waals surface area (Å²) >= 11 is 0. The molecule has 0 bridgehead atoms. The lowest BCUT2D eigenvalue weighted by atomic mass is 10.1. The minimum absolute atomic E-state index is 0. The van der Waals surface area contributed by atoms with Crippen LogP contribution in [0.5, 0.6) is 0 Å². The second kappa shape index (κ2) is 7.99. The summed E-state index contributed by atoms with van der Waals surface area (Å²) in [4.78, 5) is 4.53. The van der Waals surface area contributed by atoms with Crippen LogP contribution in [0.2, 0.25) is 0 Å². The molecule has 0 spiro atoms. The molecule has 6 nitrogen and oxygen atoms in total. The van der Waals surface area contributed by atoms with Crippen LogP contribution in [0.1, 0.15) is 5.56 Å². The third-order valence-corrected chi connectivity index (χ3v) is 4.03. The lowest BCUT2D eigenvalue weighted by molar-refractivity contribution is 0.501. The van der Waals surface area contributed by atoms with Crippen molar-refractivity contribution in [1.29, 1.82) is 0 Å². The highest BCUT2D eigenvalue weighted by Gasteiger charge is 2.19. The average Bonchev–Trinajstić information content (AvgIpc) is 3.25. The van der Waals surface area contributed by atoms with Crippen molar-refractivity contribution in [3.8, 4) is 22.5 Å². The van der Waals surface area contributed by atoms with Crippen LogP contribution in [-0.4, -0.2) is 24.4 Å². The number of hydrogen-bond acceptors (Lipinski definition) is 4. The Balaban J connectivity index is 0.00000131. The van der Waals surface area contributed by atoms with E-state index in [1.54, 1.807) is 47.1 Å². The fourth-order valence-corrected chi connectivity index (χ4v) is 2.75. The van der Waals surface area contributed by atoms with Crippen LogP contribution >= 0.6 is 24.8 Å². The fourth-order valence-electron chi connectivity index (χ4n) is 2.75. The summed E-state index contributed by atoms with van der Waals surface area (Å²) < 4.78 is 32.0. The first-order chi connectivity index (χ1) is 12.1. The zero-order chi connectivity index (χ0) is 17.6. The summed E-state index contributed by atoms with van der Waals surface area (Å²) in [5.41, 5.74) is 7.81. The molecule has 3 aromatic heterocycles. The number of hydrogen-bond donors (Lipinski definition) is 1. The number of aryl methyl sites for hydroxylation is 1. The van der Waals surface area contributed by atoms with E-state index in [2.05, 4.69) is 15.2 Å². The van der Waals surface area contributed by atoms with Gasteiger partial charge in [0.2, 0.25) is 0 Å². The molecule has 0 fully saturated rings. The van der Waals surface area contributed by atoms with Gasteiger partial charge in [-0.15, -0.1) is 24.8 Å². The zero-order valence-corrected chi connectivity index (χ0v) is 15.8. The van der Waals surface area contributed by atoms with Gasteiger partial charge in [-0.05, 0) is 12.1 Å². The van der Waals surface area contributed by atoms with Gasteiger partial charge >= 0.3 is 0 Å². The summed E-state index contributed by atoms with van der Waals surface area (Å²) in [6.45, 7) is -0.0751. The molecule has 1 aromatic carbocycles. The van der Waals surface area contributed by atoms with Crippen molar-refractivity contribution >= 4 is 30.3 Å². The number of rotatable bonds is 3. The van der Waals surface area contributed by atoms with Crippen LogP contribution in [0, 0.1) is 11.6 Å². The quantitative estimate of drug-likeness (QED) is 0.559. The maximum atomic E-state index is 14.6. The van der Waals surface area contributed by atoms with Crippen molar-refractivity contribution in [2.45, 2.75) is 6.54 Å². The SMILES string of the molecule is Cl.Cl.Cn1cc(-c2cn3nccc3c(-c3ccc(CN)c(F)c3F)n2)cn1. The molecule has 0 atom stereocenters. The molecule has 142 valence electrons. The molecular formula is C17H16Cl2F2N6. The smallest absolute Gasteiger partial charge is 0.168 e. The summed E-state index contributed by atoms with van der Waals surface area (Å²) in [7, 11) is 1.79. The van der Waals surface area contributed by atoms with Gasteiger partial charge in [-0.2, -0.15) is 10.2 Å². The van der Waals surface area contributed by atoms with Gasteiger partial charge in [-0.25, -0.2) is 18.3 Å². The van der Waals surface area contributed by atoms with E-state index in [0.717, 1.165) is 5.56 Å². The maximum Gasteiger partial charge on any atom is 0.168 e. The normalized spacial score (nSPS) is 10.5. The van der Waals surface area contributed by atoms with E-state index in [9.17, 15) is 8.78 Å². The van der Waals surface area contributed by atoms with E-state index in [4.69, 9.17) is 5.73 Å². The number of fused-ring (bicyclic) bond motifs is 1. The minimum atomic E-state index is -0.970. The molecule has 0 aliphatic heterocycles. The maximum absolute atomic E-state index is 14.6. The molecule has 0 amide bonds. The van der Waals surface area contributed by atoms with Crippen molar-refractivity contribution < 1.29 is 8.78 Å². The number of halogens is 4. The standard InChI is InChI=1S/C17H14F2N6.2ClH/c1-24-8-11(7-22-24)13-9-25-14(4-5-21-25)17(23-13)12-3-2-10(6-20)15(18)16(12)19;;/h2-5,7-9H,6,20H2,1H3;2*1H. The Labute approximate surface area is 165 Å². The highest BCUT2D eigenvalue weighted by molar-refractivity contribution is 5.85. The lowest BCUT2D eigenvalue weighted by Crippen LogP contribution is -2.04. The average molecular weight is 413 g/mol. The van der Waals surface area contributed by atoms with Crippen LogP contribution in [0.25, 0.3) is 28.0 Å². The van der Waals surface area contributed by atoms with Gasteiger partial charge in [0, 0.05) is 36.5 Å². The van der Waals surface area contributed by atoms with Gasteiger partial charge in [0.1, 0.15) is 0 Å². The summed E-state index contributed by atoms with van der Waals surface area (Å²) in [5.74, 6) is -1.92. The molecule has 0 saturated carbocycles. The summed E-state index contributed by atoms with van der Waals surface area (Å²) in [6, 6.07) is 4.66. The zero-order valence-electron chi connectivity index (χ0n) is 14.1. The minimum Gasteiger partial charge on any atom is -0.326 e. The third-order valence-electron chi connectivity index (χ3n) is 4.03. The van der Waals surface area contributed by atoms with Gasteiger partial charge in [0.15, 0.2) is 11.6 Å². The second-order valence-corrected chi connectivity index (χ2v) is 5.64. The van der Waals surface area contributed by atoms with Crippen molar-refractivity contribution in [1.82, 2.24) is 24.4 Å². The largest absolute Gasteiger partial charge is 0.326 e. The van der Waals surface area contributed by atoms with Crippen molar-refractivity contribution in [2.24, 2.45) is 12.8 Å². The highest BCUT2D eigenvalue weighted by Crippen LogP contribution is 2.30. The van der Waals surface area contributed by atoms with Crippen molar-refractivity contribution in [3.63, 3.8) is 0 Å². The lowest BCUT2D eigenvalue weighted by Gasteiger charge is -2.10. The van der Waals surface area contributed by atoms with Crippen molar-refractivity contribution in [3.05, 3.63) is 60.2 Å². The molecule has 4 aromatic rings. The topological polar surface area (TPSA) is 74.0 Å². The Bertz CT molecular complexity index is 1090. The van der Waals surface area contributed by atoms with E-state index < -0.39 is 11.6 Å². The van der Waals surface area contributed by atoms with E-state index in [0.29, 0.717) is 16.9 Å². The molecule has 0 unspecified atom stereocenters. The third kappa shape index (κ3) is 3.51. The van der Waals surface area contributed by atoms with E-state index in [-0.39, 0.29) is 42.5 Å². The Morgan fingerprint density at radius 2 is 1.81 bits per heavy atom. The number of nitrogens with two attached hydrogens (primary N) is 1. The van der Waals surface area contributed by atoms with Crippen LogP contribution in [0.15, 0.2) is 43.0 Å². The van der Waals surface area contributed by atoms with Crippen LogP contribution in [0.4, 0.5) is 8.78 Å². The van der Waals surface area contributed by atoms with Gasteiger partial charge in [-0.3, -0.25) is 4.68 Å². The van der Waals surface area contributed by atoms with Crippen molar-refractivity contribution in [2.75, 3.05) is 0 Å². The van der Waals surface area contributed by atoms with Gasteiger partial charge in [0.05, 0.1) is 35.5 Å². The van der Waals surface area contributed by atoms with Gasteiger partial charge in [0.25, 0.3) is 0 Å². The molecule has 0 radical (unpaired) electrons. The first-order valence-corrected chi connectivity index (χ1v) is 7.59. The van der Waals surface area contributed by atoms with Gasteiger partial charge in [-0.1, -0.05) is 6.07 Å². The fraction of sp³-hybridized carbons (Fsp3) is 0.118. The Hall–Kier alpha value is -2.55. The Morgan fingerprint density at radius 3 is 2.48 bits per heavy atom. The molecule has 0 aliphatic carbocycles. The van der Waals surface area contributed by atoms with Crippen LogP contribution in [0.3, 0.4) is 0 Å². The summed E-state index contributed by atoms with van der Waals surface area (Å²) in [5, 5.41) is 8.31. The molecule has 2 N–H and O–H groups in total. The number of aromatic nitrogens is 5. The monoisotopic (exact) mass is 412 g/mol. The van der Waals surface area contributed by atoms with Crippen LogP contribution in [-0.2, 0) is 13.6 Å². The highest BCUT2D eigenvalue weighted by atomic mass is 35.5. The predicted molar refractivity (Wildman–Crippen MR) is 103 cm³/mol. The molecule has 10 heteroatoms. The molecule has 4 rings (SSSR count). The molecule has 0 aliphatic rings. The first-order valence-electron chi connectivity index (χ1n) is 7.59. The van der Waals surface area contributed by atoms with E-state index in [1.807, 2.05) is 0 Å². The first kappa shape index (κ1) is 20.8. The van der Waals surface area contributed by atoms with Crippen LogP contribution < -0.4 is 5.73 Å². The Kier molecular flexibility index (Phi) is 6.15. The predicted octanol–water partition coefficient (Wildman–Crippen LogP) is 3.38. The molecular weight excluding hydrogens is 397 g/mol. The van der Waals surface area contributed by atoms with E-state index in [1.165, 1.54) is 12.1 Å². The van der Waals surface area contributed by atoms with Gasteiger partial charge < -0.3 is 5.73 Å². The number of benzene rings is 1.